The van der Waals surface area contributed by atoms with Gasteiger partial charge < -0.3 is 4.74 Å². The zero-order valence-corrected chi connectivity index (χ0v) is 14.9. The topological polar surface area (TPSA) is 69.4 Å². The van der Waals surface area contributed by atoms with E-state index in [4.69, 9.17) is 16.3 Å². The maximum absolute atomic E-state index is 14.0. The number of nitro groups is 1. The minimum Gasteiger partial charge on any atom is -0.453 e. The molecule has 0 atom stereocenters. The molecule has 2 aromatic rings. The van der Waals surface area contributed by atoms with Crippen molar-refractivity contribution in [2.75, 3.05) is 0 Å². The highest BCUT2D eigenvalue weighted by molar-refractivity contribution is 7.96. The van der Waals surface area contributed by atoms with Crippen LogP contribution < -0.4 is 4.74 Å². The van der Waals surface area contributed by atoms with Crippen molar-refractivity contribution in [2.24, 2.45) is 0 Å². The van der Waals surface area contributed by atoms with Crippen LogP contribution in [0.1, 0.15) is 17.5 Å². The third kappa shape index (κ3) is 5.33. The van der Waals surface area contributed by atoms with Gasteiger partial charge in [0.25, 0.3) is 5.69 Å². The Bertz CT molecular complexity index is 881. The third-order valence-corrected chi connectivity index (χ3v) is 3.91. The van der Waals surface area contributed by atoms with Gasteiger partial charge in [0.2, 0.25) is 0 Å². The Labute approximate surface area is 160 Å². The lowest BCUT2D eigenvalue weighted by Crippen LogP contribution is -2.06. The van der Waals surface area contributed by atoms with Crippen LogP contribution in [0.4, 0.5) is 23.2 Å². The number of alkyl halides is 3. The Morgan fingerprint density at radius 1 is 1.26 bits per heavy atom. The maximum Gasteiger partial charge on any atom is 0.416 e. The molecule has 0 bridgehead atoms. The number of hydrogen-bond donors (Lipinski definition) is 1. The van der Waals surface area contributed by atoms with Crippen LogP contribution in [0.2, 0.25) is 5.02 Å². The molecule has 0 saturated carbocycles. The first-order chi connectivity index (χ1) is 12.5. The Kier molecular flexibility index (Phi) is 6.32. The molecule has 0 fully saturated rings. The third-order valence-electron chi connectivity index (χ3n) is 3.40. The smallest absolute Gasteiger partial charge is 0.416 e. The van der Waals surface area contributed by atoms with Gasteiger partial charge in [0.15, 0.2) is 16.7 Å². The second-order valence-corrected chi connectivity index (χ2v) is 6.22. The predicted octanol–water partition coefficient (Wildman–Crippen LogP) is 5.59. The molecule has 0 unspecified atom stereocenters. The fourth-order valence-corrected chi connectivity index (χ4v) is 2.54. The highest BCUT2D eigenvalue weighted by Gasteiger charge is 2.32. The van der Waals surface area contributed by atoms with E-state index in [1.165, 1.54) is 6.07 Å². The molecule has 2 rings (SSSR count). The van der Waals surface area contributed by atoms with E-state index < -0.39 is 38.4 Å². The van der Waals surface area contributed by atoms with Crippen LogP contribution in [-0.2, 0) is 17.4 Å². The number of carbonyl (C=O) groups is 1. The maximum atomic E-state index is 14.0. The number of benzene rings is 2. The second-order valence-electron chi connectivity index (χ2n) is 5.31. The van der Waals surface area contributed by atoms with Crippen LogP contribution in [0.3, 0.4) is 0 Å². The summed E-state index contributed by atoms with van der Waals surface area (Å²) in [6.45, 7) is 0. The summed E-state index contributed by atoms with van der Waals surface area (Å²) in [6.07, 6.45) is -4.91. The molecule has 0 radical (unpaired) electrons. The molecule has 0 aliphatic carbocycles. The number of halogens is 5. The number of carbonyl (C=O) groups excluding carboxylic acids is 1. The summed E-state index contributed by atoms with van der Waals surface area (Å²) in [7, 11) is 0. The van der Waals surface area contributed by atoms with Crippen molar-refractivity contribution in [3.05, 3.63) is 62.4 Å². The molecular weight excluding hydrogens is 414 g/mol. The van der Waals surface area contributed by atoms with E-state index in [0.29, 0.717) is 6.07 Å². The molecule has 5 nitrogen and oxygen atoms in total. The molecule has 144 valence electrons. The second kappa shape index (κ2) is 8.13. The van der Waals surface area contributed by atoms with Crippen LogP contribution in [0.15, 0.2) is 30.3 Å². The summed E-state index contributed by atoms with van der Waals surface area (Å²) in [6, 6.07) is 4.13. The Morgan fingerprint density at radius 2 is 1.93 bits per heavy atom. The Hall–Kier alpha value is -2.33. The number of thiol groups is 1. The summed E-state index contributed by atoms with van der Waals surface area (Å²) >= 11 is 9.27. The van der Waals surface area contributed by atoms with Crippen LogP contribution in [-0.4, -0.2) is 10.0 Å². The van der Waals surface area contributed by atoms with E-state index >= 15 is 0 Å². The molecule has 11 heteroatoms. The Morgan fingerprint density at radius 3 is 2.44 bits per heavy atom. The number of rotatable bonds is 6. The molecule has 27 heavy (non-hydrogen) atoms. The zero-order valence-electron chi connectivity index (χ0n) is 13.2. The zero-order chi connectivity index (χ0) is 20.4. The van der Waals surface area contributed by atoms with Gasteiger partial charge >= 0.3 is 6.18 Å². The van der Waals surface area contributed by atoms with Crippen molar-refractivity contribution in [3.8, 4) is 11.5 Å². The van der Waals surface area contributed by atoms with Crippen LogP contribution in [0.25, 0.3) is 0 Å². The number of nitro benzene ring substituents is 1. The molecule has 0 aliphatic heterocycles. The van der Waals surface area contributed by atoms with Crippen LogP contribution in [0.5, 0.6) is 11.5 Å². The van der Waals surface area contributed by atoms with E-state index in [0.717, 1.165) is 12.1 Å². The summed E-state index contributed by atoms with van der Waals surface area (Å²) in [5, 5.41) is 9.94. The van der Waals surface area contributed by atoms with Crippen molar-refractivity contribution in [1.29, 1.82) is 0 Å². The van der Waals surface area contributed by atoms with Crippen molar-refractivity contribution >= 4 is 35.0 Å². The number of nitrogens with zero attached hydrogens (tertiary/aromatic N) is 1. The average molecular weight is 424 g/mol. The highest BCUT2D eigenvalue weighted by atomic mass is 35.5. The molecule has 0 aliphatic rings. The number of ether oxygens (including phenoxy) is 1. The quantitative estimate of drug-likeness (QED) is 0.285. The lowest BCUT2D eigenvalue weighted by Gasteiger charge is -2.13. The lowest BCUT2D eigenvalue weighted by molar-refractivity contribution is -0.385. The number of hydrogen-bond acceptors (Lipinski definition) is 4. The van der Waals surface area contributed by atoms with E-state index in [9.17, 15) is 32.5 Å². The average Bonchev–Trinajstić information content (AvgIpc) is 2.55. The normalized spacial score (nSPS) is 11.3. The predicted molar refractivity (Wildman–Crippen MR) is 91.9 cm³/mol. The fourth-order valence-electron chi connectivity index (χ4n) is 2.18. The Balaban J connectivity index is 2.38. The molecule has 2 aromatic carbocycles. The lowest BCUT2D eigenvalue weighted by atomic mass is 10.1. The van der Waals surface area contributed by atoms with E-state index in [1.807, 2.05) is 0 Å². The number of aryl methyl sites for hydroxylation is 1. The molecule has 0 amide bonds. The minimum atomic E-state index is -4.79. The largest absolute Gasteiger partial charge is 0.453 e. The van der Waals surface area contributed by atoms with Gasteiger partial charge in [0, 0.05) is 18.1 Å². The first kappa shape index (κ1) is 21.0. The summed E-state index contributed by atoms with van der Waals surface area (Å²) in [5.41, 5.74) is -1.46. The molecule has 0 saturated heterocycles. The van der Waals surface area contributed by atoms with Gasteiger partial charge in [-0.1, -0.05) is 11.6 Å². The molecule has 0 spiro atoms. The van der Waals surface area contributed by atoms with Crippen LogP contribution >= 0.6 is 24.2 Å². The minimum absolute atomic E-state index is 0.0287. The van der Waals surface area contributed by atoms with Gasteiger partial charge in [0.05, 0.1) is 15.5 Å². The summed E-state index contributed by atoms with van der Waals surface area (Å²) < 4.78 is 57.2. The van der Waals surface area contributed by atoms with E-state index in [2.05, 4.69) is 12.6 Å². The summed E-state index contributed by atoms with van der Waals surface area (Å²) in [5.74, 6) is -2.10. The standard InChI is InChI=1S/C16H10ClF4NO4S/c17-11-6-9(16(19,20)21)7-12(18)15(11)26-10-2-3-13(22(24)25)8(5-10)1-4-14(23)27/h2-3,5-7H,1,4H2,(H,23,27). The van der Waals surface area contributed by atoms with Crippen molar-refractivity contribution in [2.45, 2.75) is 19.0 Å². The molecule has 0 heterocycles. The van der Waals surface area contributed by atoms with Gasteiger partial charge in [-0.2, -0.15) is 13.2 Å². The monoisotopic (exact) mass is 423 g/mol. The highest BCUT2D eigenvalue weighted by Crippen LogP contribution is 2.39. The first-order valence-corrected chi connectivity index (χ1v) is 8.04. The fraction of sp³-hybridized carbons (Fsp3) is 0.188. The van der Waals surface area contributed by atoms with Gasteiger partial charge in [-0.15, -0.1) is 12.6 Å². The molecular formula is C16H10ClF4NO4S. The summed E-state index contributed by atoms with van der Waals surface area (Å²) in [4.78, 5) is 21.4. The molecule has 0 N–H and O–H groups in total. The molecule has 0 aromatic heterocycles. The first-order valence-electron chi connectivity index (χ1n) is 7.22. The van der Waals surface area contributed by atoms with E-state index in [-0.39, 0.29) is 35.9 Å². The van der Waals surface area contributed by atoms with Gasteiger partial charge in [-0.25, -0.2) is 4.39 Å². The van der Waals surface area contributed by atoms with Crippen LogP contribution in [0, 0.1) is 15.9 Å². The van der Waals surface area contributed by atoms with Gasteiger partial charge in [-0.3, -0.25) is 14.9 Å². The van der Waals surface area contributed by atoms with Gasteiger partial charge in [0.1, 0.15) is 5.75 Å². The van der Waals surface area contributed by atoms with Crippen molar-refractivity contribution in [1.82, 2.24) is 0 Å². The van der Waals surface area contributed by atoms with Crippen molar-refractivity contribution < 1.29 is 32.0 Å². The SMILES string of the molecule is O=C(S)CCc1cc(Oc2c(F)cc(C(F)(F)F)cc2Cl)ccc1[N+](=O)[O-]. The van der Waals surface area contributed by atoms with Crippen molar-refractivity contribution in [3.63, 3.8) is 0 Å². The van der Waals surface area contributed by atoms with Gasteiger partial charge in [-0.05, 0) is 30.7 Å². The van der Waals surface area contributed by atoms with E-state index in [1.54, 1.807) is 0 Å².